The molecule has 0 saturated heterocycles. The predicted molar refractivity (Wildman–Crippen MR) is 61.6 cm³/mol. The molecule has 2 heteroatoms. The van der Waals surface area contributed by atoms with Crippen LogP contribution in [0.1, 0.15) is 51.9 Å². The number of ether oxygens (including phenoxy) is 1. The summed E-state index contributed by atoms with van der Waals surface area (Å²) in [6.07, 6.45) is 9.82. The van der Waals surface area contributed by atoms with E-state index in [1.807, 2.05) is 0 Å². The smallest absolute Gasteiger partial charge is 0.330 e. The number of hydrogen-bond donors (Lipinski definition) is 0. The third-order valence-electron chi connectivity index (χ3n) is 3.20. The zero-order valence-electron chi connectivity index (χ0n) is 9.71. The summed E-state index contributed by atoms with van der Waals surface area (Å²) in [5.74, 6) is 0.325. The van der Waals surface area contributed by atoms with Crippen LogP contribution in [0.2, 0.25) is 0 Å². The van der Waals surface area contributed by atoms with E-state index >= 15 is 0 Å². The quantitative estimate of drug-likeness (QED) is 0.513. The second kappa shape index (κ2) is 6.65. The van der Waals surface area contributed by atoms with E-state index in [0.29, 0.717) is 5.92 Å². The van der Waals surface area contributed by atoms with Gasteiger partial charge in [0.25, 0.3) is 0 Å². The molecule has 2 nitrogen and oxygen atoms in total. The normalized spacial score (nSPS) is 25.9. The van der Waals surface area contributed by atoms with Crippen molar-refractivity contribution in [3.63, 3.8) is 0 Å². The molecule has 0 aromatic rings. The Morgan fingerprint density at radius 2 is 2.20 bits per heavy atom. The van der Waals surface area contributed by atoms with Crippen LogP contribution >= 0.6 is 0 Å². The minimum absolute atomic E-state index is 0.149. The summed E-state index contributed by atoms with van der Waals surface area (Å²) in [6, 6.07) is 0. The SMILES string of the molecule is C=CC(=O)OC1CCCCC1CCCC. The molecule has 0 aromatic carbocycles. The minimum atomic E-state index is -0.261. The average Bonchev–Trinajstić information content (AvgIpc) is 2.28. The molecule has 0 aliphatic heterocycles. The Kier molecular flexibility index (Phi) is 5.44. The Morgan fingerprint density at radius 1 is 1.47 bits per heavy atom. The molecule has 1 aliphatic rings. The Bertz CT molecular complexity index is 211. The topological polar surface area (TPSA) is 26.3 Å². The van der Waals surface area contributed by atoms with Gasteiger partial charge in [-0.05, 0) is 31.6 Å². The maximum Gasteiger partial charge on any atom is 0.330 e. The number of rotatable bonds is 5. The first-order chi connectivity index (χ1) is 7.27. The van der Waals surface area contributed by atoms with Gasteiger partial charge in [-0.1, -0.05) is 32.8 Å². The monoisotopic (exact) mass is 210 g/mol. The van der Waals surface area contributed by atoms with E-state index in [2.05, 4.69) is 13.5 Å². The summed E-state index contributed by atoms with van der Waals surface area (Å²) in [7, 11) is 0. The zero-order chi connectivity index (χ0) is 11.1. The molecule has 1 fully saturated rings. The minimum Gasteiger partial charge on any atom is -0.459 e. The van der Waals surface area contributed by atoms with Crippen LogP contribution in [0.4, 0.5) is 0 Å². The standard InChI is InChI=1S/C13H22O2/c1-3-5-8-11-9-6-7-10-12(11)15-13(14)4-2/h4,11-12H,2-3,5-10H2,1H3. The molecule has 0 spiro atoms. The van der Waals surface area contributed by atoms with Gasteiger partial charge in [0, 0.05) is 6.08 Å². The number of esters is 1. The van der Waals surface area contributed by atoms with Gasteiger partial charge in [-0.2, -0.15) is 0 Å². The molecule has 1 aliphatic carbocycles. The van der Waals surface area contributed by atoms with Crippen molar-refractivity contribution in [2.75, 3.05) is 0 Å². The van der Waals surface area contributed by atoms with Crippen LogP contribution in [-0.4, -0.2) is 12.1 Å². The van der Waals surface area contributed by atoms with Crippen molar-refractivity contribution in [3.8, 4) is 0 Å². The largest absolute Gasteiger partial charge is 0.459 e. The van der Waals surface area contributed by atoms with Crippen LogP contribution in [0.3, 0.4) is 0 Å². The van der Waals surface area contributed by atoms with Gasteiger partial charge in [0.05, 0.1) is 0 Å². The van der Waals surface area contributed by atoms with Gasteiger partial charge in [0.2, 0.25) is 0 Å². The third-order valence-corrected chi connectivity index (χ3v) is 3.20. The molecular formula is C13H22O2. The van der Waals surface area contributed by atoms with E-state index in [-0.39, 0.29) is 12.1 Å². The van der Waals surface area contributed by atoms with Gasteiger partial charge in [-0.15, -0.1) is 0 Å². The van der Waals surface area contributed by atoms with Gasteiger partial charge < -0.3 is 4.74 Å². The Labute approximate surface area is 92.7 Å². The summed E-state index contributed by atoms with van der Waals surface area (Å²) >= 11 is 0. The third kappa shape index (κ3) is 4.06. The molecular weight excluding hydrogens is 188 g/mol. The highest BCUT2D eigenvalue weighted by Crippen LogP contribution is 2.30. The lowest BCUT2D eigenvalue weighted by molar-refractivity contribution is -0.147. The highest BCUT2D eigenvalue weighted by atomic mass is 16.5. The van der Waals surface area contributed by atoms with Crippen LogP contribution in [0.15, 0.2) is 12.7 Å². The van der Waals surface area contributed by atoms with E-state index in [4.69, 9.17) is 4.74 Å². The van der Waals surface area contributed by atoms with E-state index in [1.54, 1.807) is 0 Å². The lowest BCUT2D eigenvalue weighted by atomic mass is 9.83. The first-order valence-corrected chi connectivity index (χ1v) is 6.11. The fourth-order valence-corrected chi connectivity index (χ4v) is 2.32. The first-order valence-electron chi connectivity index (χ1n) is 6.11. The van der Waals surface area contributed by atoms with Crippen LogP contribution in [0, 0.1) is 5.92 Å². The predicted octanol–water partition coefficient (Wildman–Crippen LogP) is 3.46. The highest BCUT2D eigenvalue weighted by molar-refractivity contribution is 5.81. The molecule has 0 bridgehead atoms. The van der Waals surface area contributed by atoms with Crippen LogP contribution < -0.4 is 0 Å². The second-order valence-corrected chi connectivity index (χ2v) is 4.37. The molecule has 0 aromatic heterocycles. The number of hydrogen-bond acceptors (Lipinski definition) is 2. The molecule has 86 valence electrons. The van der Waals surface area contributed by atoms with Crippen LogP contribution in [0.5, 0.6) is 0 Å². The fourth-order valence-electron chi connectivity index (χ4n) is 2.32. The van der Waals surface area contributed by atoms with Gasteiger partial charge in [-0.25, -0.2) is 4.79 Å². The van der Waals surface area contributed by atoms with Gasteiger partial charge in [0.1, 0.15) is 6.10 Å². The number of carbonyl (C=O) groups excluding carboxylic acids is 1. The maximum absolute atomic E-state index is 11.2. The Balaban J connectivity index is 2.41. The van der Waals surface area contributed by atoms with E-state index in [1.165, 1.54) is 44.6 Å². The number of carbonyl (C=O) groups is 1. The van der Waals surface area contributed by atoms with Crippen molar-refractivity contribution >= 4 is 5.97 Å². The zero-order valence-corrected chi connectivity index (χ0v) is 9.71. The summed E-state index contributed by atoms with van der Waals surface area (Å²) in [4.78, 5) is 11.2. The highest BCUT2D eigenvalue weighted by Gasteiger charge is 2.26. The summed E-state index contributed by atoms with van der Waals surface area (Å²) in [5, 5.41) is 0. The molecule has 0 heterocycles. The van der Waals surface area contributed by atoms with E-state index in [0.717, 1.165) is 6.42 Å². The molecule has 1 saturated carbocycles. The lowest BCUT2D eigenvalue weighted by Gasteiger charge is -2.30. The van der Waals surface area contributed by atoms with Crippen molar-refractivity contribution in [1.29, 1.82) is 0 Å². The van der Waals surface area contributed by atoms with Crippen LogP contribution in [-0.2, 0) is 9.53 Å². The fraction of sp³-hybridized carbons (Fsp3) is 0.769. The van der Waals surface area contributed by atoms with Crippen molar-refractivity contribution in [3.05, 3.63) is 12.7 Å². The van der Waals surface area contributed by atoms with Gasteiger partial charge in [-0.3, -0.25) is 0 Å². The van der Waals surface area contributed by atoms with Crippen molar-refractivity contribution < 1.29 is 9.53 Å². The molecule has 1 rings (SSSR count). The first kappa shape index (κ1) is 12.3. The summed E-state index contributed by atoms with van der Waals surface area (Å²) in [5.41, 5.74) is 0. The van der Waals surface area contributed by atoms with Gasteiger partial charge >= 0.3 is 5.97 Å². The lowest BCUT2D eigenvalue weighted by Crippen LogP contribution is -2.29. The molecule has 0 amide bonds. The second-order valence-electron chi connectivity index (χ2n) is 4.37. The summed E-state index contributed by atoms with van der Waals surface area (Å²) < 4.78 is 5.39. The molecule has 2 atom stereocenters. The molecule has 0 radical (unpaired) electrons. The molecule has 15 heavy (non-hydrogen) atoms. The van der Waals surface area contributed by atoms with Crippen molar-refractivity contribution in [1.82, 2.24) is 0 Å². The van der Waals surface area contributed by atoms with E-state index < -0.39 is 0 Å². The Hall–Kier alpha value is -0.790. The summed E-state index contributed by atoms with van der Waals surface area (Å²) in [6.45, 7) is 5.64. The molecule has 2 unspecified atom stereocenters. The molecule has 0 N–H and O–H groups in total. The van der Waals surface area contributed by atoms with Crippen LogP contribution in [0.25, 0.3) is 0 Å². The maximum atomic E-state index is 11.2. The average molecular weight is 210 g/mol. The Morgan fingerprint density at radius 3 is 2.87 bits per heavy atom. The number of unbranched alkanes of at least 4 members (excludes halogenated alkanes) is 1. The van der Waals surface area contributed by atoms with Crippen molar-refractivity contribution in [2.45, 2.75) is 58.0 Å². The van der Waals surface area contributed by atoms with E-state index in [9.17, 15) is 4.79 Å². The van der Waals surface area contributed by atoms with Crippen molar-refractivity contribution in [2.24, 2.45) is 5.92 Å². The van der Waals surface area contributed by atoms with Gasteiger partial charge in [0.15, 0.2) is 0 Å².